The summed E-state index contributed by atoms with van der Waals surface area (Å²) in [5.41, 5.74) is 0. The zero-order chi connectivity index (χ0) is 9.14. The largest absolute Gasteiger partial charge is 0.432 e. The molecular weight excluding hydrogens is 302 g/mol. The average Bonchev–Trinajstić information content (AvgIpc) is 1.98. The molecular formula is C6H3ClF2INO. The number of pyridine rings is 1. The molecule has 0 aliphatic rings. The fraction of sp³-hybridized carbons (Fsp3) is 0.167. The van der Waals surface area contributed by atoms with Gasteiger partial charge >= 0.3 is 6.61 Å². The first-order valence-corrected chi connectivity index (χ1v) is 4.30. The van der Waals surface area contributed by atoms with Crippen molar-refractivity contribution in [2.75, 3.05) is 0 Å². The molecule has 0 unspecified atom stereocenters. The van der Waals surface area contributed by atoms with Crippen LogP contribution in [0.5, 0.6) is 5.75 Å². The lowest BCUT2D eigenvalue weighted by atomic mass is 10.5. The van der Waals surface area contributed by atoms with Gasteiger partial charge in [-0.25, -0.2) is 0 Å². The standard InChI is InChI=1S/C6H3ClF2INO/c7-5-3(10)1-11-2-4(5)12-6(8)9/h1-2,6H. The Morgan fingerprint density at radius 1 is 1.50 bits per heavy atom. The van der Waals surface area contributed by atoms with Crippen LogP contribution in [0.15, 0.2) is 12.4 Å². The second kappa shape index (κ2) is 4.18. The van der Waals surface area contributed by atoms with E-state index in [-0.39, 0.29) is 10.8 Å². The van der Waals surface area contributed by atoms with Gasteiger partial charge in [0.15, 0.2) is 5.75 Å². The van der Waals surface area contributed by atoms with Crippen LogP contribution in [0, 0.1) is 3.57 Å². The summed E-state index contributed by atoms with van der Waals surface area (Å²) >= 11 is 7.51. The molecule has 2 nitrogen and oxygen atoms in total. The van der Waals surface area contributed by atoms with E-state index in [0.29, 0.717) is 3.57 Å². The summed E-state index contributed by atoms with van der Waals surface area (Å²) in [5, 5.41) is 0.158. The topological polar surface area (TPSA) is 22.1 Å². The molecule has 1 aromatic heterocycles. The summed E-state index contributed by atoms with van der Waals surface area (Å²) in [7, 11) is 0. The highest BCUT2D eigenvalue weighted by Gasteiger charge is 2.10. The van der Waals surface area contributed by atoms with Crippen LogP contribution in [-0.4, -0.2) is 11.6 Å². The number of aromatic nitrogens is 1. The molecule has 6 heteroatoms. The van der Waals surface area contributed by atoms with E-state index in [4.69, 9.17) is 11.6 Å². The van der Waals surface area contributed by atoms with Crippen molar-refractivity contribution in [2.24, 2.45) is 0 Å². The fourth-order valence-corrected chi connectivity index (χ4v) is 1.15. The molecule has 1 heterocycles. The minimum atomic E-state index is -2.87. The van der Waals surface area contributed by atoms with Gasteiger partial charge in [0.1, 0.15) is 0 Å². The van der Waals surface area contributed by atoms with Crippen molar-refractivity contribution >= 4 is 34.2 Å². The SMILES string of the molecule is FC(F)Oc1cncc(I)c1Cl. The van der Waals surface area contributed by atoms with Gasteiger partial charge in [0.25, 0.3) is 0 Å². The Balaban J connectivity index is 2.92. The number of alkyl halides is 2. The lowest BCUT2D eigenvalue weighted by Gasteiger charge is -2.05. The van der Waals surface area contributed by atoms with E-state index in [1.807, 2.05) is 22.6 Å². The third-order valence-corrected chi connectivity index (χ3v) is 2.55. The van der Waals surface area contributed by atoms with Gasteiger partial charge in [0.2, 0.25) is 0 Å². The molecule has 1 rings (SSSR count). The van der Waals surface area contributed by atoms with Gasteiger partial charge < -0.3 is 4.74 Å². The van der Waals surface area contributed by atoms with E-state index >= 15 is 0 Å². The van der Waals surface area contributed by atoms with Gasteiger partial charge in [-0.3, -0.25) is 4.98 Å². The normalized spacial score (nSPS) is 10.4. The van der Waals surface area contributed by atoms with Crippen LogP contribution >= 0.6 is 34.2 Å². The van der Waals surface area contributed by atoms with Crippen LogP contribution in [-0.2, 0) is 0 Å². The second-order valence-corrected chi connectivity index (χ2v) is 3.35. The Labute approximate surface area is 86.0 Å². The van der Waals surface area contributed by atoms with E-state index in [1.54, 1.807) is 0 Å². The first-order valence-electron chi connectivity index (χ1n) is 2.85. The number of hydrogen-bond donors (Lipinski definition) is 0. The predicted octanol–water partition coefficient (Wildman–Crippen LogP) is 2.94. The van der Waals surface area contributed by atoms with Gasteiger partial charge in [0.05, 0.1) is 14.8 Å². The zero-order valence-electron chi connectivity index (χ0n) is 5.60. The van der Waals surface area contributed by atoms with Crippen molar-refractivity contribution in [3.05, 3.63) is 21.0 Å². The first-order chi connectivity index (χ1) is 5.61. The Morgan fingerprint density at radius 3 is 2.75 bits per heavy atom. The van der Waals surface area contributed by atoms with Crippen LogP contribution < -0.4 is 4.74 Å². The van der Waals surface area contributed by atoms with Gasteiger partial charge in [0, 0.05) is 6.20 Å². The lowest BCUT2D eigenvalue weighted by molar-refractivity contribution is -0.0500. The van der Waals surface area contributed by atoms with Crippen molar-refractivity contribution in [2.45, 2.75) is 6.61 Å². The van der Waals surface area contributed by atoms with Gasteiger partial charge in [-0.05, 0) is 22.6 Å². The van der Waals surface area contributed by atoms with Crippen molar-refractivity contribution < 1.29 is 13.5 Å². The van der Waals surface area contributed by atoms with E-state index in [9.17, 15) is 8.78 Å². The zero-order valence-corrected chi connectivity index (χ0v) is 8.51. The molecule has 0 saturated heterocycles. The third kappa shape index (κ3) is 2.41. The Bertz CT molecular complexity index is 284. The van der Waals surface area contributed by atoms with Crippen LogP contribution in [0.4, 0.5) is 8.78 Å². The summed E-state index contributed by atoms with van der Waals surface area (Å²) in [5.74, 6) is -0.0985. The molecule has 0 saturated carbocycles. The maximum Gasteiger partial charge on any atom is 0.387 e. The lowest BCUT2D eigenvalue weighted by Crippen LogP contribution is -2.03. The molecule has 1 aromatic rings. The highest BCUT2D eigenvalue weighted by atomic mass is 127. The summed E-state index contributed by atoms with van der Waals surface area (Å²) in [6.45, 7) is -2.87. The number of nitrogens with zero attached hydrogens (tertiary/aromatic N) is 1. The van der Waals surface area contributed by atoms with E-state index < -0.39 is 6.61 Å². The Hall–Kier alpha value is -0.170. The van der Waals surface area contributed by atoms with Crippen LogP contribution in [0.3, 0.4) is 0 Å². The number of rotatable bonds is 2. The molecule has 0 atom stereocenters. The van der Waals surface area contributed by atoms with Crippen LogP contribution in [0.25, 0.3) is 0 Å². The summed E-state index contributed by atoms with van der Waals surface area (Å²) in [4.78, 5) is 3.65. The van der Waals surface area contributed by atoms with Crippen molar-refractivity contribution in [1.29, 1.82) is 0 Å². The van der Waals surface area contributed by atoms with Crippen molar-refractivity contribution in [1.82, 2.24) is 4.98 Å². The number of ether oxygens (including phenoxy) is 1. The quantitative estimate of drug-likeness (QED) is 0.784. The average molecular weight is 305 g/mol. The smallest absolute Gasteiger partial charge is 0.387 e. The molecule has 0 aliphatic carbocycles. The number of hydrogen-bond acceptors (Lipinski definition) is 2. The fourth-order valence-electron chi connectivity index (χ4n) is 0.580. The molecule has 0 bridgehead atoms. The molecule has 12 heavy (non-hydrogen) atoms. The first kappa shape index (κ1) is 9.91. The van der Waals surface area contributed by atoms with Crippen molar-refractivity contribution in [3.8, 4) is 5.75 Å². The second-order valence-electron chi connectivity index (χ2n) is 1.81. The van der Waals surface area contributed by atoms with E-state index in [1.165, 1.54) is 6.20 Å². The van der Waals surface area contributed by atoms with Gasteiger partial charge in [-0.1, -0.05) is 11.6 Å². The monoisotopic (exact) mass is 305 g/mol. The minimum Gasteiger partial charge on any atom is -0.432 e. The third-order valence-electron chi connectivity index (χ3n) is 1.02. The molecule has 0 amide bonds. The molecule has 0 N–H and O–H groups in total. The van der Waals surface area contributed by atoms with Gasteiger partial charge in [-0.2, -0.15) is 8.78 Å². The molecule has 0 fully saturated rings. The highest BCUT2D eigenvalue weighted by molar-refractivity contribution is 14.1. The van der Waals surface area contributed by atoms with Gasteiger partial charge in [-0.15, -0.1) is 0 Å². The highest BCUT2D eigenvalue weighted by Crippen LogP contribution is 2.28. The molecule has 0 aliphatic heterocycles. The summed E-state index contributed by atoms with van der Waals surface area (Å²) < 4.78 is 28.1. The molecule has 0 spiro atoms. The molecule has 0 radical (unpaired) electrons. The minimum absolute atomic E-state index is 0.0985. The molecule has 66 valence electrons. The Kier molecular flexibility index (Phi) is 3.45. The number of halogens is 4. The van der Waals surface area contributed by atoms with Crippen LogP contribution in [0.2, 0.25) is 5.02 Å². The summed E-state index contributed by atoms with van der Waals surface area (Å²) in [6.07, 6.45) is 2.61. The summed E-state index contributed by atoms with van der Waals surface area (Å²) in [6, 6.07) is 0. The van der Waals surface area contributed by atoms with E-state index in [0.717, 1.165) is 6.20 Å². The molecule has 0 aromatic carbocycles. The maximum absolute atomic E-state index is 11.7. The van der Waals surface area contributed by atoms with Crippen LogP contribution in [0.1, 0.15) is 0 Å². The van der Waals surface area contributed by atoms with E-state index in [2.05, 4.69) is 9.72 Å². The Morgan fingerprint density at radius 2 is 2.17 bits per heavy atom. The maximum atomic E-state index is 11.7. The van der Waals surface area contributed by atoms with Crippen molar-refractivity contribution in [3.63, 3.8) is 0 Å². The predicted molar refractivity (Wildman–Crippen MR) is 48.6 cm³/mol.